The Balaban J connectivity index is 1.16. The molecule has 6 heteroatoms. The van der Waals surface area contributed by atoms with Gasteiger partial charge >= 0.3 is 0 Å². The third-order valence-corrected chi connectivity index (χ3v) is 13.1. The fraction of sp³-hybridized carbons (Fsp3) is 0. The van der Waals surface area contributed by atoms with Crippen LogP contribution in [0.3, 0.4) is 0 Å². The van der Waals surface area contributed by atoms with Gasteiger partial charge in [0.2, 0.25) is 0 Å². The summed E-state index contributed by atoms with van der Waals surface area (Å²) in [5.74, 6) is 0.817. The van der Waals surface area contributed by atoms with E-state index in [0.29, 0.717) is 0 Å². The summed E-state index contributed by atoms with van der Waals surface area (Å²) in [6.07, 6.45) is 0. The van der Waals surface area contributed by atoms with E-state index in [4.69, 9.17) is 14.4 Å². The van der Waals surface area contributed by atoms with Crippen LogP contribution in [0.4, 0.5) is 0 Å². The third kappa shape index (κ3) is 3.56. The number of aromatic nitrogens is 4. The van der Waals surface area contributed by atoms with Gasteiger partial charge in [0.1, 0.15) is 27.2 Å². The average molecular weight is 731 g/mol. The molecule has 0 bridgehead atoms. The summed E-state index contributed by atoms with van der Waals surface area (Å²) >= 11 is 1.70. The predicted octanol–water partition coefficient (Wildman–Crippen LogP) is 13.7. The van der Waals surface area contributed by atoms with Gasteiger partial charge in [0.25, 0.3) is 0 Å². The average Bonchev–Trinajstić information content (AvgIpc) is 3.98. The molecule has 0 unspecified atom stereocenters. The van der Waals surface area contributed by atoms with Crippen LogP contribution in [0.15, 0.2) is 162 Å². The highest BCUT2D eigenvalue weighted by Gasteiger charge is 2.28. The Morgan fingerprint density at radius 3 is 2.09 bits per heavy atom. The number of hydrogen-bond acceptors (Lipinski definition) is 4. The summed E-state index contributed by atoms with van der Waals surface area (Å²) < 4.78 is 12.5. The molecular weight excluding hydrogens is 705 g/mol. The molecule has 0 atom stereocenters. The fourth-order valence-corrected chi connectivity index (χ4v) is 10.8. The highest BCUT2D eigenvalue weighted by atomic mass is 32.1. The van der Waals surface area contributed by atoms with Crippen LogP contribution >= 0.6 is 11.3 Å². The number of rotatable bonds is 3. The van der Waals surface area contributed by atoms with Crippen LogP contribution in [-0.2, 0) is 0 Å². The van der Waals surface area contributed by atoms with E-state index in [2.05, 4.69) is 167 Å². The van der Waals surface area contributed by atoms with Crippen molar-refractivity contribution >= 4 is 108 Å². The minimum atomic E-state index is 0.817. The van der Waals surface area contributed by atoms with Gasteiger partial charge in [0.05, 0.1) is 22.1 Å². The molecule has 0 fully saturated rings. The maximum atomic E-state index is 6.59. The van der Waals surface area contributed by atoms with Crippen LogP contribution in [0.2, 0.25) is 0 Å². The number of thiophene rings is 1. The molecule has 0 spiro atoms. The monoisotopic (exact) mass is 730 g/mol. The van der Waals surface area contributed by atoms with E-state index in [0.717, 1.165) is 71.6 Å². The Bertz CT molecular complexity index is 3880. The highest BCUT2D eigenvalue weighted by molar-refractivity contribution is 7.25. The molecule has 0 amide bonds. The molecule has 14 rings (SSSR count). The number of para-hydroxylation sites is 2. The number of nitrogens with zero attached hydrogens (tertiary/aromatic N) is 4. The van der Waals surface area contributed by atoms with Gasteiger partial charge in [-0.05, 0) is 82.6 Å². The summed E-state index contributed by atoms with van der Waals surface area (Å²) in [7, 11) is 0. The van der Waals surface area contributed by atoms with Crippen molar-refractivity contribution in [3.05, 3.63) is 158 Å². The van der Waals surface area contributed by atoms with Gasteiger partial charge in [-0.2, -0.15) is 0 Å². The van der Waals surface area contributed by atoms with Crippen molar-refractivity contribution in [3.63, 3.8) is 0 Å². The zero-order valence-corrected chi connectivity index (χ0v) is 30.4. The first-order valence-corrected chi connectivity index (χ1v) is 19.7. The molecule has 1 aliphatic carbocycles. The van der Waals surface area contributed by atoms with Crippen molar-refractivity contribution in [2.24, 2.45) is 0 Å². The van der Waals surface area contributed by atoms with E-state index in [1.165, 1.54) is 59.0 Å². The second kappa shape index (κ2) is 10.3. The smallest absolute Gasteiger partial charge is 0.165 e. The summed E-state index contributed by atoms with van der Waals surface area (Å²) in [4.78, 5) is 12.2. The fourth-order valence-electron chi connectivity index (χ4n) is 9.79. The minimum absolute atomic E-state index is 0.817. The Labute approximate surface area is 321 Å². The van der Waals surface area contributed by atoms with Crippen LogP contribution in [0.1, 0.15) is 0 Å². The van der Waals surface area contributed by atoms with E-state index < -0.39 is 0 Å². The van der Waals surface area contributed by atoms with Crippen molar-refractivity contribution in [3.8, 4) is 33.9 Å². The second-order valence-electron chi connectivity index (χ2n) is 14.9. The summed E-state index contributed by atoms with van der Waals surface area (Å²) in [6.45, 7) is 0. The Morgan fingerprint density at radius 2 is 1.18 bits per heavy atom. The lowest BCUT2D eigenvalue weighted by Gasteiger charge is -2.14. The zero-order valence-electron chi connectivity index (χ0n) is 29.6. The van der Waals surface area contributed by atoms with Crippen LogP contribution in [0, 0.1) is 0 Å². The molecule has 0 N–H and O–H groups in total. The van der Waals surface area contributed by atoms with Crippen LogP contribution in [0.25, 0.3) is 131 Å². The molecule has 0 saturated carbocycles. The molecule has 0 aliphatic heterocycles. The van der Waals surface area contributed by atoms with Crippen molar-refractivity contribution in [1.29, 1.82) is 0 Å². The first-order chi connectivity index (χ1) is 27.8. The van der Waals surface area contributed by atoms with Gasteiger partial charge in [0.15, 0.2) is 5.82 Å². The van der Waals surface area contributed by atoms with Gasteiger partial charge < -0.3 is 8.98 Å². The summed E-state index contributed by atoms with van der Waals surface area (Å²) in [5.41, 5.74) is 12.7. The number of fused-ring (bicyclic) bond motifs is 7. The van der Waals surface area contributed by atoms with Crippen LogP contribution < -0.4 is 0 Å². The molecule has 5 aromatic heterocycles. The molecule has 0 radical (unpaired) electrons. The summed E-state index contributed by atoms with van der Waals surface area (Å²) in [6, 6.07) is 56.7. The van der Waals surface area contributed by atoms with Crippen LogP contribution in [0.5, 0.6) is 0 Å². The SMILES string of the molecule is c1ccc(-n2c3ccccc3c3cc(-c4nc5sc6ccccc6c5nc4-n4c5ccc6cccc7c6c5c5c6c(ccc54)oc4cccc-7c46)ccc32)cc1. The molecular formula is C50H26N4OS. The lowest BCUT2D eigenvalue weighted by Crippen LogP contribution is -2.03. The Kier molecular flexibility index (Phi) is 5.34. The van der Waals surface area contributed by atoms with Crippen LogP contribution in [-0.4, -0.2) is 19.1 Å². The molecule has 5 nitrogen and oxygen atoms in total. The standard InChI is InChI=1S/C50H26N4OS/c1-2-11-29(12-3-1)53-35-17-6-4-13-30(35)34-26-28(21-22-36(34)53)47-49(51-48-33-14-5-7-19-41(33)56-50(48)52-47)54-37-23-20-27-10-8-15-31-32-16-9-18-39-43(32)46-40(55-39)25-24-38(54)45(46)44(37)42(27)31/h1-26H. The summed E-state index contributed by atoms with van der Waals surface area (Å²) in [5, 5.41) is 10.7. The maximum absolute atomic E-state index is 6.59. The quantitative estimate of drug-likeness (QED) is 0.182. The van der Waals surface area contributed by atoms with Crippen molar-refractivity contribution in [1.82, 2.24) is 19.1 Å². The molecule has 1 aliphatic rings. The molecule has 56 heavy (non-hydrogen) atoms. The van der Waals surface area contributed by atoms with Gasteiger partial charge in [0, 0.05) is 53.7 Å². The Hall–Kier alpha value is -7.28. The largest absolute Gasteiger partial charge is 0.456 e. The Morgan fingerprint density at radius 1 is 0.464 bits per heavy atom. The van der Waals surface area contributed by atoms with Gasteiger partial charge in [-0.3, -0.25) is 4.57 Å². The minimum Gasteiger partial charge on any atom is -0.456 e. The molecule has 13 aromatic rings. The lowest BCUT2D eigenvalue weighted by molar-refractivity contribution is 0.669. The van der Waals surface area contributed by atoms with Gasteiger partial charge in [-0.25, -0.2) is 9.97 Å². The van der Waals surface area contributed by atoms with E-state index in [1.807, 2.05) is 0 Å². The number of benzene rings is 8. The topological polar surface area (TPSA) is 48.8 Å². The zero-order chi connectivity index (χ0) is 36.2. The number of hydrogen-bond donors (Lipinski definition) is 0. The third-order valence-electron chi connectivity index (χ3n) is 12.1. The first kappa shape index (κ1) is 29.1. The second-order valence-corrected chi connectivity index (χ2v) is 15.9. The normalized spacial score (nSPS) is 12.6. The number of furan rings is 1. The maximum Gasteiger partial charge on any atom is 0.165 e. The molecule has 8 aromatic carbocycles. The van der Waals surface area contributed by atoms with Crippen molar-refractivity contribution in [2.45, 2.75) is 0 Å². The lowest BCUT2D eigenvalue weighted by atomic mass is 9.95. The van der Waals surface area contributed by atoms with Crippen molar-refractivity contribution < 1.29 is 4.42 Å². The molecule has 0 saturated heterocycles. The van der Waals surface area contributed by atoms with E-state index in [-0.39, 0.29) is 0 Å². The van der Waals surface area contributed by atoms with E-state index >= 15 is 0 Å². The molecule has 258 valence electrons. The first-order valence-electron chi connectivity index (χ1n) is 18.9. The van der Waals surface area contributed by atoms with E-state index in [9.17, 15) is 0 Å². The molecule has 5 heterocycles. The highest BCUT2D eigenvalue weighted by Crippen LogP contribution is 2.51. The predicted molar refractivity (Wildman–Crippen MR) is 233 cm³/mol. The van der Waals surface area contributed by atoms with E-state index in [1.54, 1.807) is 11.3 Å². The van der Waals surface area contributed by atoms with Gasteiger partial charge in [-0.15, -0.1) is 11.3 Å². The van der Waals surface area contributed by atoms with Crippen molar-refractivity contribution in [2.75, 3.05) is 0 Å². The van der Waals surface area contributed by atoms with Gasteiger partial charge in [-0.1, -0.05) is 97.1 Å².